The van der Waals surface area contributed by atoms with E-state index >= 15 is 0 Å². The van der Waals surface area contributed by atoms with Gasteiger partial charge in [-0.3, -0.25) is 0 Å². The average Bonchev–Trinajstić information content (AvgIpc) is 2.79. The Kier molecular flexibility index (Phi) is 2.95. The number of hydrogen-bond acceptors (Lipinski definition) is 2. The Morgan fingerprint density at radius 2 is 1.85 bits per heavy atom. The summed E-state index contributed by atoms with van der Waals surface area (Å²) in [4.78, 5) is 4.39. The van der Waals surface area contributed by atoms with Gasteiger partial charge in [-0.05, 0) is 75.7 Å². The molecule has 4 fully saturated rings. The molecule has 1 N–H and O–H groups in total. The molecule has 4 aliphatic rings. The number of aryl methyl sites for hydroxylation is 1. The third-order valence-electron chi connectivity index (χ3n) is 6.48. The molecule has 110 valence electrons. The van der Waals surface area contributed by atoms with E-state index in [1.165, 1.54) is 38.5 Å². The first-order chi connectivity index (χ1) is 9.68. The number of imidazole rings is 1. The molecule has 1 aromatic rings. The van der Waals surface area contributed by atoms with Crippen molar-refractivity contribution in [2.45, 2.75) is 58.0 Å². The molecule has 3 heteroatoms. The second-order valence-corrected chi connectivity index (χ2v) is 7.75. The van der Waals surface area contributed by atoms with Crippen LogP contribution in [0.25, 0.3) is 0 Å². The average molecular weight is 273 g/mol. The van der Waals surface area contributed by atoms with Gasteiger partial charge in [-0.25, -0.2) is 4.98 Å². The Bertz CT molecular complexity index is 455. The van der Waals surface area contributed by atoms with E-state index in [1.807, 2.05) is 6.20 Å². The van der Waals surface area contributed by atoms with Gasteiger partial charge in [0, 0.05) is 25.0 Å². The number of hydrogen-bond donors (Lipinski definition) is 1. The molecule has 1 unspecified atom stereocenters. The van der Waals surface area contributed by atoms with E-state index in [9.17, 15) is 0 Å². The SMILES string of the molecule is CNC(Cn1ccnc1C)C12CC3CC(CC(C3)C1)C2. The number of likely N-dealkylation sites (N-methyl/N-ethyl adjacent to an activating group) is 1. The lowest BCUT2D eigenvalue weighted by Crippen LogP contribution is -2.56. The van der Waals surface area contributed by atoms with Gasteiger partial charge in [-0.1, -0.05) is 0 Å². The van der Waals surface area contributed by atoms with Crippen LogP contribution in [-0.4, -0.2) is 22.6 Å². The van der Waals surface area contributed by atoms with E-state index in [0.29, 0.717) is 11.5 Å². The maximum atomic E-state index is 4.39. The van der Waals surface area contributed by atoms with E-state index in [2.05, 4.69) is 35.0 Å². The first-order valence-corrected chi connectivity index (χ1v) is 8.33. The van der Waals surface area contributed by atoms with Gasteiger partial charge in [0.05, 0.1) is 0 Å². The minimum absolute atomic E-state index is 0.570. The second kappa shape index (κ2) is 4.59. The topological polar surface area (TPSA) is 29.9 Å². The van der Waals surface area contributed by atoms with Crippen molar-refractivity contribution in [3.63, 3.8) is 0 Å². The summed E-state index contributed by atoms with van der Waals surface area (Å²) in [6.07, 6.45) is 13.1. The van der Waals surface area contributed by atoms with Gasteiger partial charge in [0.2, 0.25) is 0 Å². The van der Waals surface area contributed by atoms with E-state index in [4.69, 9.17) is 0 Å². The van der Waals surface area contributed by atoms with Crippen molar-refractivity contribution in [3.8, 4) is 0 Å². The quantitative estimate of drug-likeness (QED) is 0.914. The van der Waals surface area contributed by atoms with Crippen LogP contribution in [0.2, 0.25) is 0 Å². The fraction of sp³-hybridized carbons (Fsp3) is 0.824. The van der Waals surface area contributed by atoms with Crippen LogP contribution in [0, 0.1) is 30.1 Å². The molecule has 1 atom stereocenters. The summed E-state index contributed by atoms with van der Waals surface area (Å²) in [6.45, 7) is 3.21. The second-order valence-electron chi connectivity index (χ2n) is 7.75. The molecule has 20 heavy (non-hydrogen) atoms. The first kappa shape index (κ1) is 12.9. The van der Waals surface area contributed by atoms with Crippen molar-refractivity contribution in [2.24, 2.45) is 23.2 Å². The minimum Gasteiger partial charge on any atom is -0.334 e. The molecule has 0 aliphatic heterocycles. The molecule has 4 saturated carbocycles. The molecule has 1 aromatic heterocycles. The number of nitrogens with zero attached hydrogens (tertiary/aromatic N) is 2. The number of rotatable bonds is 4. The van der Waals surface area contributed by atoms with Crippen LogP contribution in [-0.2, 0) is 6.54 Å². The van der Waals surface area contributed by atoms with Crippen LogP contribution in [0.15, 0.2) is 12.4 Å². The maximum absolute atomic E-state index is 4.39. The zero-order chi connectivity index (χ0) is 13.7. The molecule has 5 rings (SSSR count). The van der Waals surface area contributed by atoms with Crippen molar-refractivity contribution in [1.82, 2.24) is 14.9 Å². The normalized spacial score (nSPS) is 40.2. The van der Waals surface area contributed by atoms with Gasteiger partial charge in [-0.2, -0.15) is 0 Å². The summed E-state index contributed by atoms with van der Waals surface area (Å²) >= 11 is 0. The Balaban J connectivity index is 1.59. The summed E-state index contributed by atoms with van der Waals surface area (Å²) < 4.78 is 2.33. The van der Waals surface area contributed by atoms with E-state index in [-0.39, 0.29) is 0 Å². The largest absolute Gasteiger partial charge is 0.334 e. The Labute approximate surface area is 122 Å². The van der Waals surface area contributed by atoms with Gasteiger partial charge >= 0.3 is 0 Å². The molecule has 4 aliphatic carbocycles. The molecule has 3 nitrogen and oxygen atoms in total. The summed E-state index contributed by atoms with van der Waals surface area (Å²) in [5.41, 5.74) is 0.570. The molecular weight excluding hydrogens is 246 g/mol. The Morgan fingerprint density at radius 3 is 2.30 bits per heavy atom. The molecule has 0 saturated heterocycles. The van der Waals surface area contributed by atoms with Crippen molar-refractivity contribution < 1.29 is 0 Å². The third kappa shape index (κ3) is 1.93. The third-order valence-corrected chi connectivity index (χ3v) is 6.48. The molecule has 0 aromatic carbocycles. The monoisotopic (exact) mass is 273 g/mol. The summed E-state index contributed by atoms with van der Waals surface area (Å²) in [5, 5.41) is 3.68. The highest BCUT2D eigenvalue weighted by molar-refractivity contribution is 5.06. The highest BCUT2D eigenvalue weighted by Crippen LogP contribution is 2.61. The van der Waals surface area contributed by atoms with Crippen LogP contribution in [0.1, 0.15) is 44.3 Å². The summed E-state index contributed by atoms with van der Waals surface area (Å²) in [6, 6.07) is 0.615. The first-order valence-electron chi connectivity index (χ1n) is 8.33. The lowest BCUT2D eigenvalue weighted by atomic mass is 9.47. The van der Waals surface area contributed by atoms with Crippen molar-refractivity contribution in [1.29, 1.82) is 0 Å². The molecule has 0 amide bonds. The Hall–Kier alpha value is -0.830. The van der Waals surface area contributed by atoms with Crippen LogP contribution in [0.4, 0.5) is 0 Å². The number of nitrogens with one attached hydrogen (secondary N) is 1. The molecule has 4 bridgehead atoms. The van der Waals surface area contributed by atoms with Crippen LogP contribution in [0.3, 0.4) is 0 Å². The fourth-order valence-corrected chi connectivity index (χ4v) is 5.99. The van der Waals surface area contributed by atoms with Crippen LogP contribution < -0.4 is 5.32 Å². The zero-order valence-corrected chi connectivity index (χ0v) is 12.8. The van der Waals surface area contributed by atoms with Crippen LogP contribution in [0.5, 0.6) is 0 Å². The smallest absolute Gasteiger partial charge is 0.105 e. The highest BCUT2D eigenvalue weighted by Gasteiger charge is 2.53. The van der Waals surface area contributed by atoms with Gasteiger partial charge < -0.3 is 9.88 Å². The van der Waals surface area contributed by atoms with Gasteiger partial charge in [0.25, 0.3) is 0 Å². The van der Waals surface area contributed by atoms with E-state index < -0.39 is 0 Å². The van der Waals surface area contributed by atoms with Crippen molar-refractivity contribution in [2.75, 3.05) is 7.05 Å². The summed E-state index contributed by atoms with van der Waals surface area (Å²) in [7, 11) is 2.16. The summed E-state index contributed by atoms with van der Waals surface area (Å²) in [5.74, 6) is 4.23. The predicted molar refractivity (Wildman–Crippen MR) is 80.4 cm³/mol. The maximum Gasteiger partial charge on any atom is 0.105 e. The lowest BCUT2D eigenvalue weighted by Gasteiger charge is -2.59. The zero-order valence-electron chi connectivity index (χ0n) is 12.8. The van der Waals surface area contributed by atoms with Gasteiger partial charge in [0.15, 0.2) is 0 Å². The van der Waals surface area contributed by atoms with Crippen molar-refractivity contribution in [3.05, 3.63) is 18.2 Å². The molecule has 0 spiro atoms. The Morgan fingerprint density at radius 1 is 1.25 bits per heavy atom. The van der Waals surface area contributed by atoms with Gasteiger partial charge in [-0.15, -0.1) is 0 Å². The number of aromatic nitrogens is 2. The van der Waals surface area contributed by atoms with E-state index in [1.54, 1.807) is 0 Å². The van der Waals surface area contributed by atoms with Crippen LogP contribution >= 0.6 is 0 Å². The van der Waals surface area contributed by atoms with E-state index in [0.717, 1.165) is 30.1 Å². The molecule has 1 heterocycles. The molecular formula is C17H27N3. The predicted octanol–water partition coefficient (Wildman–Crippen LogP) is 3.00. The fourth-order valence-electron chi connectivity index (χ4n) is 5.99. The molecule has 0 radical (unpaired) electrons. The van der Waals surface area contributed by atoms with Crippen molar-refractivity contribution >= 4 is 0 Å². The standard InChI is InChI=1S/C17H27N3/c1-12-19-3-4-20(12)11-16(18-2)17-8-13-5-14(9-17)7-15(6-13)10-17/h3-4,13-16,18H,5-11H2,1-2H3. The highest BCUT2D eigenvalue weighted by atomic mass is 15.1. The van der Waals surface area contributed by atoms with Gasteiger partial charge in [0.1, 0.15) is 5.82 Å². The minimum atomic E-state index is 0.570. The lowest BCUT2D eigenvalue weighted by molar-refractivity contribution is -0.0754.